The van der Waals surface area contributed by atoms with E-state index in [1.165, 1.54) is 126 Å². The Morgan fingerprint density at radius 3 is 1.77 bits per heavy atom. The molecule has 0 aliphatic heterocycles. The summed E-state index contributed by atoms with van der Waals surface area (Å²) in [7, 11) is 0. The largest absolute Gasteiger partial charge is 0.310 e. The van der Waals surface area contributed by atoms with Crippen LogP contribution in [0.2, 0.25) is 0 Å². The molecule has 6 aromatic carbocycles. The van der Waals surface area contributed by atoms with Gasteiger partial charge in [-0.1, -0.05) is 130 Å². The SMILES string of the molecule is CC1(C)c2ccccc2-c2ccc(N(c3ccc4c(c3)-c3ccccc3C43CCCCC3)c3cccc4c3-c3ccccc3C43C4CC5CC(C4)CC3C5)cc21. The Morgan fingerprint density at radius 1 is 0.446 bits per heavy atom. The first-order chi connectivity index (χ1) is 27.5. The maximum atomic E-state index is 2.68. The van der Waals surface area contributed by atoms with Gasteiger partial charge in [-0.25, -0.2) is 0 Å². The Morgan fingerprint density at radius 2 is 1.02 bits per heavy atom. The first-order valence-electron chi connectivity index (χ1n) is 22.0. The van der Waals surface area contributed by atoms with Gasteiger partial charge in [0, 0.05) is 33.2 Å². The molecule has 0 amide bonds. The number of rotatable bonds is 3. The van der Waals surface area contributed by atoms with Crippen LogP contribution in [0.4, 0.5) is 17.1 Å². The van der Waals surface area contributed by atoms with E-state index in [-0.39, 0.29) is 16.2 Å². The molecule has 6 aromatic rings. The lowest BCUT2D eigenvalue weighted by molar-refractivity contribution is -0.0399. The van der Waals surface area contributed by atoms with Gasteiger partial charge in [-0.15, -0.1) is 0 Å². The molecule has 5 fully saturated rings. The molecule has 14 rings (SSSR count). The number of hydrogen-bond acceptors (Lipinski definition) is 1. The summed E-state index contributed by atoms with van der Waals surface area (Å²) in [6.45, 7) is 4.85. The van der Waals surface area contributed by atoms with E-state index in [4.69, 9.17) is 0 Å². The zero-order valence-corrected chi connectivity index (χ0v) is 33.0. The van der Waals surface area contributed by atoms with Crippen LogP contribution in [0.3, 0.4) is 0 Å². The maximum absolute atomic E-state index is 2.68. The molecule has 0 N–H and O–H groups in total. The monoisotopic (exact) mass is 725 g/mol. The Hall–Kier alpha value is -4.88. The van der Waals surface area contributed by atoms with E-state index in [0.717, 1.165) is 23.7 Å². The van der Waals surface area contributed by atoms with Crippen LogP contribution in [-0.2, 0) is 16.2 Å². The molecule has 0 unspecified atom stereocenters. The first kappa shape index (κ1) is 32.2. The van der Waals surface area contributed by atoms with Crippen LogP contribution in [0.25, 0.3) is 33.4 Å². The van der Waals surface area contributed by atoms with Gasteiger partial charge in [-0.05, 0) is 160 Å². The van der Waals surface area contributed by atoms with Gasteiger partial charge in [0.1, 0.15) is 0 Å². The number of benzene rings is 6. The highest BCUT2D eigenvalue weighted by atomic mass is 15.1. The summed E-state index contributed by atoms with van der Waals surface area (Å²) in [6.07, 6.45) is 13.6. The topological polar surface area (TPSA) is 3.24 Å². The molecule has 56 heavy (non-hydrogen) atoms. The minimum Gasteiger partial charge on any atom is -0.310 e. The van der Waals surface area contributed by atoms with Crippen LogP contribution in [0.5, 0.6) is 0 Å². The fourth-order valence-corrected chi connectivity index (χ4v) is 14.9. The predicted octanol–water partition coefficient (Wildman–Crippen LogP) is 14.4. The molecule has 0 aromatic heterocycles. The highest BCUT2D eigenvalue weighted by Crippen LogP contribution is 2.70. The molecule has 4 bridgehead atoms. The molecular weight excluding hydrogens is 675 g/mol. The lowest BCUT2D eigenvalue weighted by Gasteiger charge is -2.61. The summed E-state index contributed by atoms with van der Waals surface area (Å²) >= 11 is 0. The zero-order chi connectivity index (χ0) is 37.0. The molecule has 0 saturated heterocycles. The number of hydrogen-bond donors (Lipinski definition) is 0. The van der Waals surface area contributed by atoms with Crippen molar-refractivity contribution in [2.24, 2.45) is 23.7 Å². The summed E-state index contributed by atoms with van der Waals surface area (Å²) in [6, 6.07) is 50.6. The van der Waals surface area contributed by atoms with Crippen molar-refractivity contribution in [3.8, 4) is 33.4 Å². The number of fused-ring (bicyclic) bond motifs is 11. The van der Waals surface area contributed by atoms with Crippen molar-refractivity contribution in [2.75, 3.05) is 4.90 Å². The van der Waals surface area contributed by atoms with Gasteiger partial charge in [0.25, 0.3) is 0 Å². The van der Waals surface area contributed by atoms with E-state index in [9.17, 15) is 0 Å². The minimum atomic E-state index is -0.0759. The maximum Gasteiger partial charge on any atom is 0.0543 e. The van der Waals surface area contributed by atoms with Crippen molar-refractivity contribution in [1.82, 2.24) is 0 Å². The second kappa shape index (κ2) is 11.2. The third-order valence-corrected chi connectivity index (χ3v) is 16.8. The van der Waals surface area contributed by atoms with Gasteiger partial charge in [-0.2, -0.15) is 0 Å². The zero-order valence-electron chi connectivity index (χ0n) is 33.0. The van der Waals surface area contributed by atoms with Gasteiger partial charge in [-0.3, -0.25) is 0 Å². The fraction of sp³-hybridized carbons (Fsp3) is 0.345. The van der Waals surface area contributed by atoms with E-state index in [2.05, 4.69) is 146 Å². The van der Waals surface area contributed by atoms with E-state index in [0.29, 0.717) is 0 Å². The van der Waals surface area contributed by atoms with Gasteiger partial charge in [0.15, 0.2) is 0 Å². The van der Waals surface area contributed by atoms with Crippen molar-refractivity contribution in [3.63, 3.8) is 0 Å². The predicted molar refractivity (Wildman–Crippen MR) is 231 cm³/mol. The summed E-state index contributed by atoms with van der Waals surface area (Å²) < 4.78 is 0. The lowest BCUT2D eigenvalue weighted by Crippen LogP contribution is -2.55. The Kier molecular flexibility index (Phi) is 6.42. The first-order valence-corrected chi connectivity index (χ1v) is 22.0. The lowest BCUT2D eigenvalue weighted by atomic mass is 9.43. The van der Waals surface area contributed by atoms with Crippen molar-refractivity contribution < 1.29 is 0 Å². The van der Waals surface area contributed by atoms with Crippen LogP contribution in [0.1, 0.15) is 111 Å². The van der Waals surface area contributed by atoms with Gasteiger partial charge >= 0.3 is 0 Å². The smallest absolute Gasteiger partial charge is 0.0543 e. The Bertz CT molecular complexity index is 2600. The molecule has 276 valence electrons. The van der Waals surface area contributed by atoms with Crippen LogP contribution in [0, 0.1) is 23.7 Å². The minimum absolute atomic E-state index is 0.0759. The molecular formula is C55H51N. The molecule has 5 saturated carbocycles. The summed E-state index contributed by atoms with van der Waals surface area (Å²) in [5.41, 5.74) is 22.0. The molecule has 1 heteroatoms. The normalized spacial score (nSPS) is 27.1. The van der Waals surface area contributed by atoms with Gasteiger partial charge in [0.05, 0.1) is 5.69 Å². The molecule has 0 radical (unpaired) electrons. The van der Waals surface area contributed by atoms with Crippen molar-refractivity contribution in [2.45, 2.75) is 94.3 Å². The fourth-order valence-electron chi connectivity index (χ4n) is 14.9. The quantitative estimate of drug-likeness (QED) is 0.176. The van der Waals surface area contributed by atoms with E-state index in [1.807, 2.05) is 0 Å². The summed E-state index contributed by atoms with van der Waals surface area (Å²) in [4.78, 5) is 2.68. The number of anilines is 3. The number of nitrogens with zero attached hydrogens (tertiary/aromatic N) is 1. The average Bonchev–Trinajstić information content (AvgIpc) is 3.77. The Labute approximate surface area is 332 Å². The van der Waals surface area contributed by atoms with Gasteiger partial charge < -0.3 is 4.90 Å². The van der Waals surface area contributed by atoms with E-state index in [1.54, 1.807) is 22.3 Å². The van der Waals surface area contributed by atoms with Crippen LogP contribution >= 0.6 is 0 Å². The summed E-state index contributed by atoms with van der Waals surface area (Å²) in [5, 5.41) is 0. The second-order valence-electron chi connectivity index (χ2n) is 19.6. The third-order valence-electron chi connectivity index (χ3n) is 16.8. The molecule has 0 atom stereocenters. The summed E-state index contributed by atoms with van der Waals surface area (Å²) in [5.74, 6) is 3.35. The van der Waals surface area contributed by atoms with Crippen LogP contribution < -0.4 is 4.90 Å². The highest BCUT2D eigenvalue weighted by Gasteiger charge is 2.62. The Balaban J connectivity index is 1.06. The molecule has 2 spiro atoms. The molecule has 8 aliphatic carbocycles. The highest BCUT2D eigenvalue weighted by molar-refractivity contribution is 5.97. The second-order valence-corrected chi connectivity index (χ2v) is 19.6. The molecule has 1 nitrogen and oxygen atoms in total. The van der Waals surface area contributed by atoms with Crippen LogP contribution in [0.15, 0.2) is 127 Å². The standard InChI is InChI=1S/C55H51N/c1-53(2)45-16-7-4-13-40(45)42-23-21-39(33-50(42)53)56(38-22-24-47-44(32-38)41-14-5-8-17-46(41)54(47)25-10-3-11-26-54)51-20-12-19-49-52(51)43-15-6-9-18-48(43)55(49)36-28-34-27-35(30-36)31-37(55)29-34/h4-9,12-24,32-37H,3,10-11,25-31H2,1-2H3. The third kappa shape index (κ3) is 3.93. The molecule has 8 aliphatic rings. The van der Waals surface area contributed by atoms with E-state index < -0.39 is 0 Å². The van der Waals surface area contributed by atoms with Crippen molar-refractivity contribution in [3.05, 3.63) is 161 Å². The van der Waals surface area contributed by atoms with Crippen molar-refractivity contribution >= 4 is 17.1 Å². The van der Waals surface area contributed by atoms with Crippen molar-refractivity contribution in [1.29, 1.82) is 0 Å². The average molecular weight is 726 g/mol. The van der Waals surface area contributed by atoms with E-state index >= 15 is 0 Å². The molecule has 0 heterocycles. The van der Waals surface area contributed by atoms with Crippen LogP contribution in [-0.4, -0.2) is 0 Å². The van der Waals surface area contributed by atoms with Gasteiger partial charge in [0.2, 0.25) is 0 Å².